The number of carbonyl (C=O) groups is 1. The SMILES string of the molecule is C=CCCC(=O)C1(CN)CC1. The van der Waals surface area contributed by atoms with Gasteiger partial charge in [-0.15, -0.1) is 6.58 Å². The van der Waals surface area contributed by atoms with Crippen LogP contribution < -0.4 is 5.73 Å². The Morgan fingerprint density at radius 1 is 1.64 bits per heavy atom. The first-order chi connectivity index (χ1) is 5.25. The molecule has 0 aromatic heterocycles. The molecule has 0 heterocycles. The van der Waals surface area contributed by atoms with Crippen molar-refractivity contribution in [1.29, 1.82) is 0 Å². The van der Waals surface area contributed by atoms with Crippen LogP contribution in [0.4, 0.5) is 0 Å². The van der Waals surface area contributed by atoms with Crippen LogP contribution in [0.1, 0.15) is 25.7 Å². The van der Waals surface area contributed by atoms with Crippen LogP contribution in [0.5, 0.6) is 0 Å². The first kappa shape index (κ1) is 8.47. The van der Waals surface area contributed by atoms with Gasteiger partial charge in [0.1, 0.15) is 5.78 Å². The van der Waals surface area contributed by atoms with E-state index >= 15 is 0 Å². The molecular weight excluding hydrogens is 138 g/mol. The lowest BCUT2D eigenvalue weighted by Crippen LogP contribution is -2.24. The van der Waals surface area contributed by atoms with E-state index in [2.05, 4.69) is 6.58 Å². The molecule has 0 aromatic carbocycles. The molecule has 2 heteroatoms. The van der Waals surface area contributed by atoms with E-state index in [1.165, 1.54) is 0 Å². The third kappa shape index (κ3) is 1.69. The fourth-order valence-corrected chi connectivity index (χ4v) is 1.25. The average Bonchev–Trinajstić information content (AvgIpc) is 2.80. The second kappa shape index (κ2) is 3.18. The van der Waals surface area contributed by atoms with E-state index in [4.69, 9.17) is 5.73 Å². The molecule has 0 amide bonds. The van der Waals surface area contributed by atoms with Crippen molar-refractivity contribution in [1.82, 2.24) is 0 Å². The molecule has 1 rings (SSSR count). The molecule has 0 bridgehead atoms. The summed E-state index contributed by atoms with van der Waals surface area (Å²) in [5.41, 5.74) is 5.39. The van der Waals surface area contributed by atoms with Crippen LogP contribution in [0.3, 0.4) is 0 Å². The highest BCUT2D eigenvalue weighted by Gasteiger charge is 2.47. The summed E-state index contributed by atoms with van der Waals surface area (Å²) in [4.78, 5) is 11.4. The highest BCUT2D eigenvalue weighted by atomic mass is 16.1. The fraction of sp³-hybridized carbons (Fsp3) is 0.667. The predicted octanol–water partition coefficient (Wildman–Crippen LogP) is 1.26. The summed E-state index contributed by atoms with van der Waals surface area (Å²) in [5, 5.41) is 0. The maximum Gasteiger partial charge on any atom is 0.140 e. The lowest BCUT2D eigenvalue weighted by atomic mass is 9.97. The normalized spacial score (nSPS) is 19.4. The molecule has 1 fully saturated rings. The van der Waals surface area contributed by atoms with Gasteiger partial charge in [-0.3, -0.25) is 4.79 Å². The van der Waals surface area contributed by atoms with Crippen molar-refractivity contribution < 1.29 is 4.79 Å². The van der Waals surface area contributed by atoms with Gasteiger partial charge in [-0.2, -0.15) is 0 Å². The molecule has 0 saturated heterocycles. The highest BCUT2D eigenvalue weighted by molar-refractivity contribution is 5.87. The van der Waals surface area contributed by atoms with Gasteiger partial charge in [0.25, 0.3) is 0 Å². The van der Waals surface area contributed by atoms with Crippen molar-refractivity contribution in [3.05, 3.63) is 12.7 Å². The van der Waals surface area contributed by atoms with E-state index in [1.807, 2.05) is 0 Å². The number of hydrogen-bond donors (Lipinski definition) is 1. The van der Waals surface area contributed by atoms with Gasteiger partial charge in [-0.1, -0.05) is 6.08 Å². The zero-order valence-electron chi connectivity index (χ0n) is 6.81. The molecule has 2 N–H and O–H groups in total. The van der Waals surface area contributed by atoms with Crippen molar-refractivity contribution in [3.8, 4) is 0 Å². The molecule has 1 aliphatic carbocycles. The minimum absolute atomic E-state index is 0.108. The largest absolute Gasteiger partial charge is 0.329 e. The molecule has 0 radical (unpaired) electrons. The van der Waals surface area contributed by atoms with Crippen molar-refractivity contribution in [2.45, 2.75) is 25.7 Å². The monoisotopic (exact) mass is 153 g/mol. The van der Waals surface area contributed by atoms with Crippen molar-refractivity contribution >= 4 is 5.78 Å². The number of hydrogen-bond acceptors (Lipinski definition) is 2. The molecule has 1 aliphatic rings. The molecule has 1 saturated carbocycles. The summed E-state index contributed by atoms with van der Waals surface area (Å²) in [6.45, 7) is 4.11. The van der Waals surface area contributed by atoms with Gasteiger partial charge >= 0.3 is 0 Å². The van der Waals surface area contributed by atoms with E-state index in [0.717, 1.165) is 19.3 Å². The Balaban J connectivity index is 2.35. The smallest absolute Gasteiger partial charge is 0.140 e. The maximum atomic E-state index is 11.4. The zero-order valence-corrected chi connectivity index (χ0v) is 6.81. The van der Waals surface area contributed by atoms with E-state index in [-0.39, 0.29) is 5.41 Å². The van der Waals surface area contributed by atoms with E-state index < -0.39 is 0 Å². The standard InChI is InChI=1S/C9H15NO/c1-2-3-4-8(11)9(7-10)5-6-9/h2H,1,3-7,10H2. The Morgan fingerprint density at radius 3 is 2.64 bits per heavy atom. The minimum Gasteiger partial charge on any atom is -0.329 e. The molecule has 0 spiro atoms. The zero-order chi connectivity index (χ0) is 8.32. The Bertz CT molecular complexity index is 170. The second-order valence-corrected chi connectivity index (χ2v) is 3.23. The third-order valence-corrected chi connectivity index (χ3v) is 2.41. The van der Waals surface area contributed by atoms with Crippen LogP contribution in [-0.4, -0.2) is 12.3 Å². The second-order valence-electron chi connectivity index (χ2n) is 3.23. The van der Waals surface area contributed by atoms with Gasteiger partial charge in [-0.05, 0) is 19.3 Å². The number of ketones is 1. The van der Waals surface area contributed by atoms with Crippen LogP contribution >= 0.6 is 0 Å². The van der Waals surface area contributed by atoms with Crippen molar-refractivity contribution in [2.75, 3.05) is 6.54 Å². The summed E-state index contributed by atoms with van der Waals surface area (Å²) in [7, 11) is 0. The molecule has 62 valence electrons. The molecule has 2 nitrogen and oxygen atoms in total. The van der Waals surface area contributed by atoms with Gasteiger partial charge in [-0.25, -0.2) is 0 Å². The molecule has 0 atom stereocenters. The first-order valence-electron chi connectivity index (χ1n) is 4.09. The summed E-state index contributed by atoms with van der Waals surface area (Å²) >= 11 is 0. The van der Waals surface area contributed by atoms with Gasteiger partial charge in [0.15, 0.2) is 0 Å². The van der Waals surface area contributed by atoms with Gasteiger partial charge in [0.2, 0.25) is 0 Å². The van der Waals surface area contributed by atoms with Crippen molar-refractivity contribution in [3.63, 3.8) is 0 Å². The third-order valence-electron chi connectivity index (χ3n) is 2.41. The summed E-state index contributed by atoms with van der Waals surface area (Å²) in [6, 6.07) is 0. The number of rotatable bonds is 5. The Kier molecular flexibility index (Phi) is 2.45. The maximum absolute atomic E-state index is 11.4. The summed E-state index contributed by atoms with van der Waals surface area (Å²) in [5.74, 6) is 0.333. The summed E-state index contributed by atoms with van der Waals surface area (Å²) < 4.78 is 0. The van der Waals surface area contributed by atoms with Crippen LogP contribution in [0.15, 0.2) is 12.7 Å². The lowest BCUT2D eigenvalue weighted by Gasteiger charge is -2.08. The number of nitrogens with two attached hydrogens (primary N) is 1. The first-order valence-corrected chi connectivity index (χ1v) is 4.09. The topological polar surface area (TPSA) is 43.1 Å². The molecular formula is C9H15NO. The Morgan fingerprint density at radius 2 is 2.27 bits per heavy atom. The molecule has 11 heavy (non-hydrogen) atoms. The minimum atomic E-state index is -0.108. The van der Waals surface area contributed by atoms with E-state index in [0.29, 0.717) is 18.7 Å². The quantitative estimate of drug-likeness (QED) is 0.604. The predicted molar refractivity (Wildman–Crippen MR) is 45.2 cm³/mol. The molecule has 0 aliphatic heterocycles. The number of allylic oxidation sites excluding steroid dienone is 1. The fourth-order valence-electron chi connectivity index (χ4n) is 1.25. The lowest BCUT2D eigenvalue weighted by molar-refractivity contribution is -0.123. The van der Waals surface area contributed by atoms with Crippen LogP contribution in [-0.2, 0) is 4.79 Å². The van der Waals surface area contributed by atoms with Gasteiger partial charge < -0.3 is 5.73 Å². The molecule has 0 unspecified atom stereocenters. The number of carbonyl (C=O) groups excluding carboxylic acids is 1. The highest BCUT2D eigenvalue weighted by Crippen LogP contribution is 2.46. The number of Topliss-reactive ketones (excluding diaryl/α,β-unsaturated/α-hetero) is 1. The van der Waals surface area contributed by atoms with Crippen LogP contribution in [0, 0.1) is 5.41 Å². The van der Waals surface area contributed by atoms with E-state index in [1.54, 1.807) is 6.08 Å². The summed E-state index contributed by atoms with van der Waals surface area (Å²) in [6.07, 6.45) is 5.20. The van der Waals surface area contributed by atoms with Crippen molar-refractivity contribution in [2.24, 2.45) is 11.1 Å². The molecule has 0 aromatic rings. The van der Waals surface area contributed by atoms with Crippen LogP contribution in [0.25, 0.3) is 0 Å². The van der Waals surface area contributed by atoms with Gasteiger partial charge in [0, 0.05) is 18.4 Å². The van der Waals surface area contributed by atoms with Gasteiger partial charge in [0.05, 0.1) is 0 Å². The van der Waals surface area contributed by atoms with E-state index in [9.17, 15) is 4.79 Å². The Hall–Kier alpha value is -0.630. The average molecular weight is 153 g/mol. The van der Waals surface area contributed by atoms with Crippen LogP contribution in [0.2, 0.25) is 0 Å². The Labute approximate surface area is 67.5 Å².